The van der Waals surface area contributed by atoms with E-state index in [1.807, 2.05) is 0 Å². The molecular weight excluding hydrogens is 378 g/mol. The maximum absolute atomic E-state index is 14.0. The van der Waals surface area contributed by atoms with Gasteiger partial charge in [0, 0.05) is 0 Å². The van der Waals surface area contributed by atoms with Gasteiger partial charge in [-0.05, 0) is 29.5 Å². The Morgan fingerprint density at radius 1 is 1.21 bits per heavy atom. The van der Waals surface area contributed by atoms with Crippen molar-refractivity contribution in [3.63, 3.8) is 0 Å². The number of carbonyl (C=O) groups excluding carboxylic acids is 1. The molecule has 0 amide bonds. The van der Waals surface area contributed by atoms with E-state index in [9.17, 15) is 26.7 Å². The van der Waals surface area contributed by atoms with Gasteiger partial charge in [-0.3, -0.25) is 4.79 Å². The van der Waals surface area contributed by atoms with Crippen molar-refractivity contribution < 1.29 is 31.5 Å². The number of ether oxygens (including phenoxy) is 1. The Balaban J connectivity index is 2.23. The Bertz CT molecular complexity index is 714. The fraction of sp³-hybridized carbons (Fsp3) is 0.400. The minimum absolute atomic E-state index is 0.137. The van der Waals surface area contributed by atoms with Gasteiger partial charge in [-0.15, -0.1) is 0 Å². The maximum Gasteiger partial charge on any atom is 0.431 e. The van der Waals surface area contributed by atoms with E-state index in [1.54, 1.807) is 13.8 Å². The number of hydrogen-bond acceptors (Lipinski definition) is 2. The molecule has 0 aliphatic heterocycles. The zero-order valence-electron chi connectivity index (χ0n) is 12.3. The van der Waals surface area contributed by atoms with Gasteiger partial charge in [0.05, 0.1) is 5.92 Å². The van der Waals surface area contributed by atoms with Crippen molar-refractivity contribution >= 4 is 29.2 Å². The second-order valence-corrected chi connectivity index (χ2v) is 6.95. The minimum Gasteiger partial charge on any atom is -0.397 e. The Morgan fingerprint density at radius 3 is 2.33 bits per heavy atom. The molecule has 2 unspecified atom stereocenters. The van der Waals surface area contributed by atoms with E-state index in [2.05, 4.69) is 4.74 Å². The van der Waals surface area contributed by atoms with E-state index in [4.69, 9.17) is 23.2 Å². The molecule has 132 valence electrons. The highest BCUT2D eigenvalue weighted by Crippen LogP contribution is 2.60. The van der Waals surface area contributed by atoms with Gasteiger partial charge in [0.2, 0.25) is 0 Å². The van der Waals surface area contributed by atoms with Gasteiger partial charge < -0.3 is 4.74 Å². The van der Waals surface area contributed by atoms with Crippen LogP contribution in [0.5, 0.6) is 0 Å². The van der Waals surface area contributed by atoms with Gasteiger partial charge in [0.25, 0.3) is 0 Å². The first-order valence-corrected chi connectivity index (χ1v) is 7.42. The van der Waals surface area contributed by atoms with E-state index < -0.39 is 52.3 Å². The summed E-state index contributed by atoms with van der Waals surface area (Å²) in [5.74, 6) is -8.69. The normalized spacial score (nSPS) is 22.0. The molecule has 0 N–H and O–H groups in total. The van der Waals surface area contributed by atoms with Crippen LogP contribution >= 0.6 is 23.2 Å². The molecule has 1 aliphatic carbocycles. The van der Waals surface area contributed by atoms with E-state index in [1.165, 1.54) is 6.08 Å². The molecule has 0 radical (unpaired) electrons. The molecule has 2 nitrogen and oxygen atoms in total. The van der Waals surface area contributed by atoms with Crippen LogP contribution in [0.2, 0.25) is 0 Å². The molecule has 0 heterocycles. The van der Waals surface area contributed by atoms with Crippen LogP contribution in [-0.2, 0) is 15.6 Å². The van der Waals surface area contributed by atoms with Crippen LogP contribution in [0.1, 0.15) is 19.4 Å². The molecule has 24 heavy (non-hydrogen) atoms. The van der Waals surface area contributed by atoms with E-state index in [-0.39, 0.29) is 4.49 Å². The van der Waals surface area contributed by atoms with Crippen LogP contribution < -0.4 is 0 Å². The highest BCUT2D eigenvalue weighted by Gasteiger charge is 2.63. The highest BCUT2D eigenvalue weighted by molar-refractivity contribution is 6.55. The number of rotatable bonds is 4. The number of allylic oxidation sites excluding steroid dienone is 1. The van der Waals surface area contributed by atoms with E-state index in [0.29, 0.717) is 12.1 Å². The van der Waals surface area contributed by atoms with Gasteiger partial charge >= 0.3 is 12.1 Å². The van der Waals surface area contributed by atoms with Crippen molar-refractivity contribution in [2.45, 2.75) is 20.0 Å². The molecule has 1 aromatic rings. The predicted molar refractivity (Wildman–Crippen MR) is 76.9 cm³/mol. The summed E-state index contributed by atoms with van der Waals surface area (Å²) in [5, 5.41) is 0. The molecule has 0 aromatic heterocycles. The number of benzene rings is 1. The van der Waals surface area contributed by atoms with Gasteiger partial charge in [-0.25, -0.2) is 13.2 Å². The second-order valence-electron chi connectivity index (χ2n) is 5.94. The first-order valence-electron chi connectivity index (χ1n) is 6.67. The summed E-state index contributed by atoms with van der Waals surface area (Å²) in [5.41, 5.74) is -2.31. The zero-order valence-corrected chi connectivity index (χ0v) is 13.9. The molecule has 2 rings (SSSR count). The summed E-state index contributed by atoms with van der Waals surface area (Å²) in [7, 11) is 0. The van der Waals surface area contributed by atoms with Crippen LogP contribution in [0.25, 0.3) is 0 Å². The molecule has 1 aliphatic rings. The molecule has 9 heteroatoms. The summed E-state index contributed by atoms with van der Waals surface area (Å²) in [4.78, 5) is 12.0. The second kappa shape index (κ2) is 6.19. The van der Waals surface area contributed by atoms with Crippen molar-refractivity contribution in [1.29, 1.82) is 0 Å². The standard InChI is InChI=1S/C15H11Cl2F5O2/c1-14(2)7(5-9(16)17)10(14)13(23)24-15(21,22)6-3-4-8(18)12(20)11(6)19/h3-5,7,10H,1-2H3. The summed E-state index contributed by atoms with van der Waals surface area (Å²) in [6.45, 7) is 3.21. The fourth-order valence-electron chi connectivity index (χ4n) is 2.57. The average molecular weight is 389 g/mol. The van der Waals surface area contributed by atoms with E-state index in [0.717, 1.165) is 0 Å². The SMILES string of the molecule is CC1(C)C(C=C(Cl)Cl)C1C(=O)OC(F)(F)c1ccc(F)c(F)c1F. The smallest absolute Gasteiger partial charge is 0.397 e. The lowest BCUT2D eigenvalue weighted by Crippen LogP contribution is -2.26. The number of alkyl halides is 2. The molecular formula is C15H11Cl2F5O2. The first kappa shape index (κ1) is 19.0. The minimum atomic E-state index is -4.46. The van der Waals surface area contributed by atoms with Crippen LogP contribution in [0.15, 0.2) is 22.7 Å². The lowest BCUT2D eigenvalue weighted by atomic mass is 10.1. The Morgan fingerprint density at radius 2 is 1.79 bits per heavy atom. The van der Waals surface area contributed by atoms with Crippen molar-refractivity contribution in [2.24, 2.45) is 17.3 Å². The first-order chi connectivity index (χ1) is 10.9. The number of esters is 1. The number of hydrogen-bond donors (Lipinski definition) is 0. The largest absolute Gasteiger partial charge is 0.431 e. The monoisotopic (exact) mass is 388 g/mol. The third kappa shape index (κ3) is 3.37. The summed E-state index contributed by atoms with van der Waals surface area (Å²) < 4.78 is 71.3. The van der Waals surface area contributed by atoms with Crippen molar-refractivity contribution in [3.8, 4) is 0 Å². The van der Waals surface area contributed by atoms with Crippen LogP contribution in [0.4, 0.5) is 22.0 Å². The number of carbonyl (C=O) groups is 1. The number of halogens is 7. The molecule has 2 atom stereocenters. The van der Waals surface area contributed by atoms with Crippen LogP contribution in [-0.4, -0.2) is 5.97 Å². The molecule has 0 saturated heterocycles. The molecule has 0 spiro atoms. The van der Waals surface area contributed by atoms with Crippen molar-refractivity contribution in [3.05, 3.63) is 45.7 Å². The summed E-state index contributed by atoms with van der Waals surface area (Å²) >= 11 is 11.0. The van der Waals surface area contributed by atoms with Gasteiger partial charge in [0.1, 0.15) is 10.1 Å². The Kier molecular flexibility index (Phi) is 4.89. The fourth-order valence-corrected chi connectivity index (χ4v) is 2.84. The summed E-state index contributed by atoms with van der Waals surface area (Å²) in [6.07, 6.45) is -3.15. The van der Waals surface area contributed by atoms with Crippen molar-refractivity contribution in [2.75, 3.05) is 0 Å². The lowest BCUT2D eigenvalue weighted by molar-refractivity contribution is -0.243. The Hall–Kier alpha value is -1.34. The third-order valence-corrected chi connectivity index (χ3v) is 4.30. The van der Waals surface area contributed by atoms with Gasteiger partial charge in [-0.2, -0.15) is 8.78 Å². The quantitative estimate of drug-likeness (QED) is 0.398. The van der Waals surface area contributed by atoms with Gasteiger partial charge in [-0.1, -0.05) is 37.0 Å². The average Bonchev–Trinajstić information content (AvgIpc) is 2.95. The maximum atomic E-state index is 14.0. The molecule has 1 saturated carbocycles. The summed E-state index contributed by atoms with van der Waals surface area (Å²) in [6, 6.07) is 0.626. The molecule has 0 bridgehead atoms. The van der Waals surface area contributed by atoms with Crippen molar-refractivity contribution in [1.82, 2.24) is 0 Å². The zero-order chi connectivity index (χ0) is 18.4. The third-order valence-electron chi connectivity index (χ3n) is 4.05. The molecule has 1 aromatic carbocycles. The van der Waals surface area contributed by atoms with Crippen LogP contribution in [0.3, 0.4) is 0 Å². The molecule has 1 fully saturated rings. The van der Waals surface area contributed by atoms with Crippen LogP contribution in [0, 0.1) is 34.7 Å². The lowest BCUT2D eigenvalue weighted by Gasteiger charge is -2.18. The predicted octanol–water partition coefficient (Wildman–Crippen LogP) is 5.29. The Labute approximate surface area is 144 Å². The van der Waals surface area contributed by atoms with Gasteiger partial charge in [0.15, 0.2) is 17.5 Å². The topological polar surface area (TPSA) is 26.3 Å². The highest BCUT2D eigenvalue weighted by atomic mass is 35.5. The van der Waals surface area contributed by atoms with E-state index >= 15 is 0 Å².